The second kappa shape index (κ2) is 7.29. The first-order valence-corrected chi connectivity index (χ1v) is 10.2. The highest BCUT2D eigenvalue weighted by atomic mass is 32.2. The fourth-order valence-corrected chi connectivity index (χ4v) is 5.04. The predicted octanol–water partition coefficient (Wildman–Crippen LogP) is 3.13. The molecular weight excluding hydrogens is 348 g/mol. The van der Waals surface area contributed by atoms with E-state index in [0.29, 0.717) is 36.8 Å². The van der Waals surface area contributed by atoms with Crippen LogP contribution in [0.4, 0.5) is 5.69 Å². The number of hydrogen-bond acceptors (Lipinski definition) is 4. The molecule has 6 heteroatoms. The van der Waals surface area contributed by atoms with E-state index in [1.54, 1.807) is 17.5 Å². The molecule has 1 heterocycles. The summed E-state index contributed by atoms with van der Waals surface area (Å²) >= 11 is 0. The van der Waals surface area contributed by atoms with Crippen LogP contribution in [0.15, 0.2) is 41.3 Å². The summed E-state index contributed by atoms with van der Waals surface area (Å²) in [6, 6.07) is 11.9. The molecule has 1 aliphatic rings. The molecule has 0 unspecified atom stereocenters. The van der Waals surface area contributed by atoms with Gasteiger partial charge in [-0.2, -0.15) is 4.31 Å². The van der Waals surface area contributed by atoms with Gasteiger partial charge in [-0.15, -0.1) is 0 Å². The fourth-order valence-electron chi connectivity index (χ4n) is 3.39. The molecule has 2 aromatic carbocycles. The quantitative estimate of drug-likeness (QED) is 0.825. The van der Waals surface area contributed by atoms with Crippen molar-refractivity contribution in [2.75, 3.05) is 38.2 Å². The van der Waals surface area contributed by atoms with Crippen molar-refractivity contribution in [1.82, 2.24) is 4.31 Å². The molecule has 140 valence electrons. The van der Waals surface area contributed by atoms with E-state index >= 15 is 0 Å². The summed E-state index contributed by atoms with van der Waals surface area (Å²) in [5.74, 6) is 0.604. The van der Waals surface area contributed by atoms with Gasteiger partial charge < -0.3 is 9.64 Å². The highest BCUT2D eigenvalue weighted by molar-refractivity contribution is 7.89. The van der Waals surface area contributed by atoms with Crippen LogP contribution in [-0.4, -0.2) is 46.0 Å². The Labute approximate surface area is 156 Å². The van der Waals surface area contributed by atoms with Gasteiger partial charge in [0.2, 0.25) is 10.0 Å². The molecular formula is C20H26N2O3S. The van der Waals surface area contributed by atoms with Crippen LogP contribution in [0.5, 0.6) is 5.75 Å². The number of nitrogens with zero attached hydrogens (tertiary/aromatic N) is 2. The molecule has 0 N–H and O–H groups in total. The molecule has 0 atom stereocenters. The maximum atomic E-state index is 13.1. The first-order chi connectivity index (χ1) is 12.3. The molecule has 2 aromatic rings. The minimum absolute atomic E-state index is 0.337. The normalized spacial score (nSPS) is 15.9. The Hall–Kier alpha value is -2.05. The molecule has 3 rings (SSSR count). The molecule has 1 fully saturated rings. The van der Waals surface area contributed by atoms with Crippen molar-refractivity contribution in [3.63, 3.8) is 0 Å². The molecule has 0 amide bonds. The lowest BCUT2D eigenvalue weighted by molar-refractivity contribution is 0.383. The molecule has 0 aromatic heterocycles. The third kappa shape index (κ3) is 3.57. The summed E-state index contributed by atoms with van der Waals surface area (Å²) in [7, 11) is -1.96. The zero-order valence-corrected chi connectivity index (χ0v) is 16.6. The second-order valence-corrected chi connectivity index (χ2v) is 8.72. The molecule has 1 aliphatic heterocycles. The predicted molar refractivity (Wildman–Crippen MR) is 105 cm³/mol. The topological polar surface area (TPSA) is 49.9 Å². The number of piperazine rings is 1. The van der Waals surface area contributed by atoms with Gasteiger partial charge >= 0.3 is 0 Å². The standard InChI is InChI=1S/C20H26N2O3S/c1-15-5-7-18(8-6-15)21-9-11-22(12-10-21)26(23,24)20-14-19(25-4)16(2)13-17(20)3/h5-8,13-14H,9-12H2,1-4H3. The van der Waals surface area contributed by atoms with Crippen molar-refractivity contribution < 1.29 is 13.2 Å². The number of hydrogen-bond donors (Lipinski definition) is 0. The number of ether oxygens (including phenoxy) is 1. The molecule has 0 radical (unpaired) electrons. The molecule has 26 heavy (non-hydrogen) atoms. The van der Waals surface area contributed by atoms with Gasteiger partial charge in [-0.25, -0.2) is 8.42 Å². The number of anilines is 1. The van der Waals surface area contributed by atoms with Crippen molar-refractivity contribution in [1.29, 1.82) is 0 Å². The van der Waals surface area contributed by atoms with E-state index in [2.05, 4.69) is 36.1 Å². The summed E-state index contributed by atoms with van der Waals surface area (Å²) in [5.41, 5.74) is 4.05. The number of sulfonamides is 1. The van der Waals surface area contributed by atoms with E-state index in [-0.39, 0.29) is 0 Å². The highest BCUT2D eigenvalue weighted by Crippen LogP contribution is 2.29. The molecule has 0 bridgehead atoms. The minimum atomic E-state index is -3.53. The minimum Gasteiger partial charge on any atom is -0.496 e. The van der Waals surface area contributed by atoms with Gasteiger partial charge in [0.25, 0.3) is 0 Å². The lowest BCUT2D eigenvalue weighted by Gasteiger charge is -2.35. The lowest BCUT2D eigenvalue weighted by atomic mass is 10.1. The van der Waals surface area contributed by atoms with Crippen LogP contribution < -0.4 is 9.64 Å². The maximum Gasteiger partial charge on any atom is 0.243 e. The Balaban J connectivity index is 1.79. The Morgan fingerprint density at radius 1 is 0.885 bits per heavy atom. The lowest BCUT2D eigenvalue weighted by Crippen LogP contribution is -2.48. The van der Waals surface area contributed by atoms with Gasteiger partial charge in [0, 0.05) is 37.9 Å². The second-order valence-electron chi connectivity index (χ2n) is 6.81. The Morgan fingerprint density at radius 3 is 2.08 bits per heavy atom. The Kier molecular flexibility index (Phi) is 5.25. The van der Waals surface area contributed by atoms with E-state index in [4.69, 9.17) is 4.74 Å². The third-order valence-corrected chi connectivity index (χ3v) is 6.99. The Bertz CT molecular complexity index is 884. The van der Waals surface area contributed by atoms with E-state index in [9.17, 15) is 8.42 Å². The van der Waals surface area contributed by atoms with E-state index in [1.807, 2.05) is 19.9 Å². The molecule has 0 saturated carbocycles. The monoisotopic (exact) mass is 374 g/mol. The largest absolute Gasteiger partial charge is 0.496 e. The smallest absolute Gasteiger partial charge is 0.243 e. The van der Waals surface area contributed by atoms with Crippen molar-refractivity contribution in [3.8, 4) is 5.75 Å². The average molecular weight is 375 g/mol. The van der Waals surface area contributed by atoms with Gasteiger partial charge in [0.05, 0.1) is 12.0 Å². The number of benzene rings is 2. The average Bonchev–Trinajstić information content (AvgIpc) is 2.62. The van der Waals surface area contributed by atoms with Gasteiger partial charge in [-0.1, -0.05) is 23.8 Å². The van der Waals surface area contributed by atoms with E-state index < -0.39 is 10.0 Å². The van der Waals surface area contributed by atoms with Crippen LogP contribution in [0.25, 0.3) is 0 Å². The molecule has 1 saturated heterocycles. The SMILES string of the molecule is COc1cc(S(=O)(=O)N2CCN(c3ccc(C)cc3)CC2)c(C)cc1C. The van der Waals surface area contributed by atoms with Crippen molar-refractivity contribution in [3.05, 3.63) is 53.1 Å². The summed E-state index contributed by atoms with van der Waals surface area (Å²) in [5, 5.41) is 0. The summed E-state index contributed by atoms with van der Waals surface area (Å²) < 4.78 is 33.1. The summed E-state index contributed by atoms with van der Waals surface area (Å²) in [6.45, 7) is 8.14. The van der Waals surface area contributed by atoms with Crippen LogP contribution in [-0.2, 0) is 10.0 Å². The van der Waals surface area contributed by atoms with Crippen LogP contribution in [0.3, 0.4) is 0 Å². The first kappa shape index (κ1) is 18.7. The van der Waals surface area contributed by atoms with Crippen molar-refractivity contribution >= 4 is 15.7 Å². The van der Waals surface area contributed by atoms with Crippen LogP contribution in [0.1, 0.15) is 16.7 Å². The number of rotatable bonds is 4. The summed E-state index contributed by atoms with van der Waals surface area (Å²) in [4.78, 5) is 2.57. The zero-order valence-electron chi connectivity index (χ0n) is 15.8. The van der Waals surface area contributed by atoms with Gasteiger partial charge in [0.15, 0.2) is 0 Å². The zero-order chi connectivity index (χ0) is 18.9. The third-order valence-electron chi connectivity index (χ3n) is 4.95. The molecule has 0 spiro atoms. The number of aryl methyl sites for hydroxylation is 3. The number of methoxy groups -OCH3 is 1. The fraction of sp³-hybridized carbons (Fsp3) is 0.400. The van der Waals surface area contributed by atoms with Crippen molar-refractivity contribution in [2.45, 2.75) is 25.7 Å². The molecule has 0 aliphatic carbocycles. The van der Waals surface area contributed by atoms with Gasteiger partial charge in [0.1, 0.15) is 5.75 Å². The first-order valence-electron chi connectivity index (χ1n) is 8.80. The molecule has 5 nitrogen and oxygen atoms in total. The van der Waals surface area contributed by atoms with E-state index in [1.165, 1.54) is 5.56 Å². The van der Waals surface area contributed by atoms with Crippen molar-refractivity contribution in [2.24, 2.45) is 0 Å². The van der Waals surface area contributed by atoms with Crippen LogP contribution in [0.2, 0.25) is 0 Å². The summed E-state index contributed by atoms with van der Waals surface area (Å²) in [6.07, 6.45) is 0. The van der Waals surface area contributed by atoms with Gasteiger partial charge in [-0.3, -0.25) is 0 Å². The van der Waals surface area contributed by atoms with Gasteiger partial charge in [-0.05, 0) is 44.0 Å². The maximum absolute atomic E-state index is 13.1. The highest BCUT2D eigenvalue weighted by Gasteiger charge is 2.30. The van der Waals surface area contributed by atoms with E-state index in [0.717, 1.165) is 16.8 Å². The Morgan fingerprint density at radius 2 is 1.50 bits per heavy atom. The van der Waals surface area contributed by atoms with Crippen LogP contribution >= 0.6 is 0 Å². The van der Waals surface area contributed by atoms with Crippen LogP contribution in [0, 0.1) is 20.8 Å².